The molecule has 1 heterocycles. The third kappa shape index (κ3) is 3.41. The van der Waals surface area contributed by atoms with E-state index in [-0.39, 0.29) is 0 Å². The van der Waals surface area contributed by atoms with Gasteiger partial charge in [0.05, 0.1) is 0 Å². The Kier molecular flexibility index (Phi) is 4.82. The zero-order valence-corrected chi connectivity index (χ0v) is 13.6. The quantitative estimate of drug-likeness (QED) is 0.625. The van der Waals surface area contributed by atoms with Crippen LogP contribution in [-0.4, -0.2) is 24.5 Å². The minimum absolute atomic E-state index is 0.509. The minimum atomic E-state index is -0.802. The van der Waals surface area contributed by atoms with Crippen molar-refractivity contribution in [2.45, 2.75) is 12.5 Å². The number of ether oxygens (including phenoxy) is 1. The molecule has 0 aliphatic rings. The van der Waals surface area contributed by atoms with Crippen LogP contribution in [0.25, 0.3) is 10.9 Å². The number of likely N-dealkylation sites (N-methyl/N-ethyl adjacent to an activating group) is 1. The maximum absolute atomic E-state index is 11.8. The molecule has 2 aromatic carbocycles. The number of carbonyl (C=O) groups excluding carboxylic acids is 1. The van der Waals surface area contributed by atoms with Gasteiger partial charge in [-0.15, -0.1) is 0 Å². The van der Waals surface area contributed by atoms with Crippen LogP contribution in [0.15, 0.2) is 54.7 Å². The first-order chi connectivity index (χ1) is 11.7. The third-order valence-corrected chi connectivity index (χ3v) is 4.00. The van der Waals surface area contributed by atoms with E-state index in [4.69, 9.17) is 10.5 Å². The molecule has 0 aliphatic heterocycles. The van der Waals surface area contributed by atoms with Crippen LogP contribution < -0.4 is 15.8 Å². The first-order valence-corrected chi connectivity index (χ1v) is 7.94. The Hall–Kier alpha value is -2.79. The fourth-order valence-corrected chi connectivity index (χ4v) is 2.75. The van der Waals surface area contributed by atoms with Gasteiger partial charge in [0.15, 0.2) is 0 Å². The number of carbonyl (C=O) groups is 1. The van der Waals surface area contributed by atoms with E-state index in [2.05, 4.69) is 10.3 Å². The normalized spacial score (nSPS) is 12.2. The van der Waals surface area contributed by atoms with E-state index >= 15 is 0 Å². The zero-order valence-electron chi connectivity index (χ0n) is 13.6. The van der Waals surface area contributed by atoms with Crippen molar-refractivity contribution in [2.75, 3.05) is 13.6 Å². The number of amides is 1. The predicted octanol–water partition coefficient (Wildman–Crippen LogP) is 2.54. The van der Waals surface area contributed by atoms with Crippen molar-refractivity contribution in [3.05, 3.63) is 65.9 Å². The number of primary amides is 1. The highest BCUT2D eigenvalue weighted by Gasteiger charge is 2.20. The van der Waals surface area contributed by atoms with E-state index in [1.54, 1.807) is 0 Å². The van der Waals surface area contributed by atoms with Gasteiger partial charge in [0.1, 0.15) is 5.75 Å². The van der Waals surface area contributed by atoms with Gasteiger partial charge in [-0.25, -0.2) is 0 Å². The van der Waals surface area contributed by atoms with Crippen molar-refractivity contribution in [2.24, 2.45) is 5.73 Å². The Morgan fingerprint density at radius 1 is 1.25 bits per heavy atom. The number of aromatic nitrogens is 1. The maximum Gasteiger partial charge on any atom is 0.263 e. The van der Waals surface area contributed by atoms with Gasteiger partial charge in [-0.2, -0.15) is 0 Å². The van der Waals surface area contributed by atoms with Gasteiger partial charge in [-0.05, 0) is 43.8 Å². The van der Waals surface area contributed by atoms with E-state index in [0.29, 0.717) is 5.75 Å². The molecule has 0 fully saturated rings. The summed E-state index contributed by atoms with van der Waals surface area (Å²) in [5.74, 6) is 0.117. The summed E-state index contributed by atoms with van der Waals surface area (Å²) < 4.78 is 5.89. The molecule has 0 aliphatic carbocycles. The molecule has 1 amide bonds. The second kappa shape index (κ2) is 7.19. The second-order valence-corrected chi connectivity index (χ2v) is 5.69. The Bertz CT molecular complexity index is 827. The summed E-state index contributed by atoms with van der Waals surface area (Å²) in [6.45, 7) is 0.895. The van der Waals surface area contributed by atoms with Crippen molar-refractivity contribution >= 4 is 16.8 Å². The molecule has 1 aromatic heterocycles. The minimum Gasteiger partial charge on any atom is -0.476 e. The van der Waals surface area contributed by atoms with E-state index in [1.807, 2.05) is 61.8 Å². The van der Waals surface area contributed by atoms with Crippen LogP contribution in [0.3, 0.4) is 0 Å². The van der Waals surface area contributed by atoms with Crippen LogP contribution in [-0.2, 0) is 11.2 Å². The molecular weight excluding hydrogens is 302 g/mol. The van der Waals surface area contributed by atoms with Gasteiger partial charge in [0.2, 0.25) is 6.10 Å². The molecule has 1 atom stereocenters. The molecule has 0 saturated heterocycles. The number of rotatable bonds is 7. The molecule has 4 N–H and O–H groups in total. The molecule has 3 rings (SSSR count). The highest BCUT2D eigenvalue weighted by Crippen LogP contribution is 2.27. The SMILES string of the molecule is CNCCc1c[nH]c2ccc(OC(C(N)=O)c3ccccc3)cc12. The maximum atomic E-state index is 11.8. The number of hydrogen-bond acceptors (Lipinski definition) is 3. The smallest absolute Gasteiger partial charge is 0.263 e. The van der Waals surface area contributed by atoms with E-state index < -0.39 is 12.0 Å². The van der Waals surface area contributed by atoms with Gasteiger partial charge < -0.3 is 20.8 Å². The highest BCUT2D eigenvalue weighted by molar-refractivity contribution is 5.85. The number of aromatic amines is 1. The summed E-state index contributed by atoms with van der Waals surface area (Å²) in [5, 5.41) is 4.24. The van der Waals surface area contributed by atoms with Crippen LogP contribution in [0.2, 0.25) is 0 Å². The van der Waals surface area contributed by atoms with Gasteiger partial charge in [0, 0.05) is 22.7 Å². The Labute approximate surface area is 140 Å². The summed E-state index contributed by atoms with van der Waals surface area (Å²) >= 11 is 0. The second-order valence-electron chi connectivity index (χ2n) is 5.69. The Balaban J connectivity index is 1.89. The molecule has 3 aromatic rings. The predicted molar refractivity (Wildman–Crippen MR) is 94.9 cm³/mol. The van der Waals surface area contributed by atoms with Crippen molar-refractivity contribution in [1.29, 1.82) is 0 Å². The highest BCUT2D eigenvalue weighted by atomic mass is 16.5. The summed E-state index contributed by atoms with van der Waals surface area (Å²) in [4.78, 5) is 15.1. The Morgan fingerprint density at radius 2 is 2.04 bits per heavy atom. The van der Waals surface area contributed by atoms with Crippen LogP contribution >= 0.6 is 0 Å². The summed E-state index contributed by atoms with van der Waals surface area (Å²) in [6.07, 6.45) is 2.12. The van der Waals surface area contributed by atoms with Crippen LogP contribution in [0, 0.1) is 0 Å². The third-order valence-electron chi connectivity index (χ3n) is 4.00. The first kappa shape index (κ1) is 16.1. The molecule has 1 unspecified atom stereocenters. The average Bonchev–Trinajstić information content (AvgIpc) is 3.00. The standard InChI is InChI=1S/C19H21N3O2/c1-21-10-9-14-12-22-17-8-7-15(11-16(14)17)24-18(19(20)23)13-5-3-2-4-6-13/h2-8,11-12,18,21-22H,9-10H2,1H3,(H2,20,23). The number of fused-ring (bicyclic) bond motifs is 1. The molecule has 124 valence electrons. The lowest BCUT2D eigenvalue weighted by Crippen LogP contribution is -2.26. The van der Waals surface area contributed by atoms with Crippen molar-refractivity contribution in [1.82, 2.24) is 10.3 Å². The van der Waals surface area contributed by atoms with Crippen molar-refractivity contribution in [3.8, 4) is 5.75 Å². The lowest BCUT2D eigenvalue weighted by molar-refractivity contribution is -0.125. The van der Waals surface area contributed by atoms with Crippen molar-refractivity contribution < 1.29 is 9.53 Å². The number of H-pyrrole nitrogens is 1. The summed E-state index contributed by atoms with van der Waals surface area (Å²) in [7, 11) is 1.93. The molecule has 0 saturated carbocycles. The molecule has 0 spiro atoms. The molecular formula is C19H21N3O2. The lowest BCUT2D eigenvalue weighted by atomic mass is 10.1. The van der Waals surface area contributed by atoms with Gasteiger partial charge in [-0.3, -0.25) is 4.79 Å². The molecule has 24 heavy (non-hydrogen) atoms. The van der Waals surface area contributed by atoms with E-state index in [9.17, 15) is 4.79 Å². The number of hydrogen-bond donors (Lipinski definition) is 3. The molecule has 0 radical (unpaired) electrons. The fraction of sp³-hybridized carbons (Fsp3) is 0.211. The van der Waals surface area contributed by atoms with E-state index in [1.165, 1.54) is 5.56 Å². The van der Waals surface area contributed by atoms with Crippen LogP contribution in [0.1, 0.15) is 17.2 Å². The summed E-state index contributed by atoms with van der Waals surface area (Å²) in [5.41, 5.74) is 8.53. The molecule has 5 heteroatoms. The number of nitrogens with two attached hydrogens (primary N) is 1. The fourth-order valence-electron chi connectivity index (χ4n) is 2.75. The monoisotopic (exact) mass is 323 g/mol. The van der Waals surface area contributed by atoms with Gasteiger partial charge >= 0.3 is 0 Å². The number of benzene rings is 2. The molecule has 5 nitrogen and oxygen atoms in total. The van der Waals surface area contributed by atoms with Gasteiger partial charge in [-0.1, -0.05) is 30.3 Å². The summed E-state index contributed by atoms with van der Waals surface area (Å²) in [6, 6.07) is 15.0. The van der Waals surface area contributed by atoms with Crippen LogP contribution in [0.4, 0.5) is 0 Å². The number of nitrogens with one attached hydrogen (secondary N) is 2. The first-order valence-electron chi connectivity index (χ1n) is 7.94. The van der Waals surface area contributed by atoms with E-state index in [0.717, 1.165) is 29.4 Å². The topological polar surface area (TPSA) is 80.1 Å². The van der Waals surface area contributed by atoms with Crippen LogP contribution in [0.5, 0.6) is 5.75 Å². The van der Waals surface area contributed by atoms with Gasteiger partial charge in [0.25, 0.3) is 5.91 Å². The Morgan fingerprint density at radius 3 is 2.75 bits per heavy atom. The largest absolute Gasteiger partial charge is 0.476 e. The molecule has 0 bridgehead atoms. The average molecular weight is 323 g/mol. The lowest BCUT2D eigenvalue weighted by Gasteiger charge is -2.16. The zero-order chi connectivity index (χ0) is 16.9. The van der Waals surface area contributed by atoms with Crippen molar-refractivity contribution in [3.63, 3.8) is 0 Å².